The molecular weight excluding hydrogens is 174 g/mol. The van der Waals surface area contributed by atoms with E-state index in [1.165, 1.54) is 12.8 Å². The first kappa shape index (κ1) is 11.3. The first-order valence-electron chi connectivity index (χ1n) is 5.38. The standard InChI is InChI=1S/C11H23N3/c1-8(11(2,3)4)14(5)10(12)13-9-6-7-9/h8-9H,6-7H2,1-5H3,(H2,12,13). The van der Waals surface area contributed by atoms with Gasteiger partial charge >= 0.3 is 0 Å². The molecule has 2 N–H and O–H groups in total. The summed E-state index contributed by atoms with van der Waals surface area (Å²) >= 11 is 0. The molecule has 3 nitrogen and oxygen atoms in total. The predicted molar refractivity (Wildman–Crippen MR) is 61.3 cm³/mol. The van der Waals surface area contributed by atoms with Crippen molar-refractivity contribution in [3.05, 3.63) is 0 Å². The van der Waals surface area contributed by atoms with E-state index in [9.17, 15) is 0 Å². The van der Waals surface area contributed by atoms with Crippen LogP contribution < -0.4 is 5.73 Å². The maximum atomic E-state index is 5.93. The Balaban J connectivity index is 2.58. The average Bonchev–Trinajstić information content (AvgIpc) is 2.83. The first-order valence-corrected chi connectivity index (χ1v) is 5.38. The highest BCUT2D eigenvalue weighted by Crippen LogP contribution is 2.25. The monoisotopic (exact) mass is 197 g/mol. The molecule has 0 radical (unpaired) electrons. The van der Waals surface area contributed by atoms with Crippen LogP contribution in [0.5, 0.6) is 0 Å². The van der Waals surface area contributed by atoms with Crippen LogP contribution in [0, 0.1) is 5.41 Å². The van der Waals surface area contributed by atoms with Crippen molar-refractivity contribution in [3.63, 3.8) is 0 Å². The Kier molecular flexibility index (Phi) is 3.07. The van der Waals surface area contributed by atoms with E-state index in [-0.39, 0.29) is 5.41 Å². The number of rotatable bonds is 2. The summed E-state index contributed by atoms with van der Waals surface area (Å²) in [6.07, 6.45) is 2.41. The number of aliphatic imine (C=N–C) groups is 1. The van der Waals surface area contributed by atoms with Crippen molar-refractivity contribution in [1.29, 1.82) is 0 Å². The summed E-state index contributed by atoms with van der Waals surface area (Å²) in [6, 6.07) is 0.912. The minimum atomic E-state index is 0.235. The lowest BCUT2D eigenvalue weighted by Crippen LogP contribution is -2.46. The Bertz CT molecular complexity index is 223. The highest BCUT2D eigenvalue weighted by atomic mass is 15.3. The van der Waals surface area contributed by atoms with Gasteiger partial charge in [-0.05, 0) is 25.2 Å². The minimum absolute atomic E-state index is 0.235. The van der Waals surface area contributed by atoms with Crippen LogP contribution in [-0.4, -0.2) is 30.0 Å². The fourth-order valence-electron chi connectivity index (χ4n) is 1.26. The normalized spacial score (nSPS) is 20.8. The summed E-state index contributed by atoms with van der Waals surface area (Å²) in [5.74, 6) is 0.690. The minimum Gasteiger partial charge on any atom is -0.370 e. The molecule has 1 aliphatic rings. The van der Waals surface area contributed by atoms with Crippen LogP contribution in [0.1, 0.15) is 40.5 Å². The van der Waals surface area contributed by atoms with Crippen molar-refractivity contribution in [1.82, 2.24) is 4.90 Å². The summed E-state index contributed by atoms with van der Waals surface area (Å²) in [5, 5.41) is 0. The van der Waals surface area contributed by atoms with E-state index in [1.807, 2.05) is 7.05 Å². The van der Waals surface area contributed by atoms with Gasteiger partial charge in [0.25, 0.3) is 0 Å². The zero-order valence-corrected chi connectivity index (χ0v) is 10.0. The Labute approximate surface area is 87.4 Å². The highest BCUT2D eigenvalue weighted by Gasteiger charge is 2.27. The summed E-state index contributed by atoms with van der Waals surface area (Å²) in [7, 11) is 2.02. The average molecular weight is 197 g/mol. The Hall–Kier alpha value is -0.730. The molecule has 1 rings (SSSR count). The summed E-state index contributed by atoms with van der Waals surface area (Å²) < 4.78 is 0. The molecule has 1 saturated carbocycles. The molecule has 0 bridgehead atoms. The molecule has 0 aromatic carbocycles. The molecule has 1 unspecified atom stereocenters. The Morgan fingerprint density at radius 1 is 1.43 bits per heavy atom. The lowest BCUT2D eigenvalue weighted by Gasteiger charge is -2.36. The topological polar surface area (TPSA) is 41.6 Å². The van der Waals surface area contributed by atoms with Crippen molar-refractivity contribution in [2.75, 3.05) is 7.05 Å². The second-order valence-corrected chi connectivity index (χ2v) is 5.37. The van der Waals surface area contributed by atoms with Gasteiger partial charge in [0.2, 0.25) is 0 Å². The quantitative estimate of drug-likeness (QED) is 0.542. The van der Waals surface area contributed by atoms with Crippen molar-refractivity contribution in [2.24, 2.45) is 16.1 Å². The highest BCUT2D eigenvalue weighted by molar-refractivity contribution is 5.78. The van der Waals surface area contributed by atoms with Crippen LogP contribution >= 0.6 is 0 Å². The number of guanidine groups is 1. The van der Waals surface area contributed by atoms with E-state index < -0.39 is 0 Å². The molecule has 0 saturated heterocycles. The summed E-state index contributed by atoms with van der Waals surface area (Å²) in [4.78, 5) is 6.52. The van der Waals surface area contributed by atoms with Crippen molar-refractivity contribution >= 4 is 5.96 Å². The number of nitrogens with two attached hydrogens (primary N) is 1. The Morgan fingerprint density at radius 2 is 1.93 bits per heavy atom. The Morgan fingerprint density at radius 3 is 2.29 bits per heavy atom. The molecule has 3 heteroatoms. The fourth-order valence-corrected chi connectivity index (χ4v) is 1.26. The second-order valence-electron chi connectivity index (χ2n) is 5.37. The van der Waals surface area contributed by atoms with Crippen molar-refractivity contribution < 1.29 is 0 Å². The third-order valence-electron chi connectivity index (χ3n) is 3.06. The molecular formula is C11H23N3. The van der Waals surface area contributed by atoms with Gasteiger partial charge in [0, 0.05) is 13.1 Å². The van der Waals surface area contributed by atoms with E-state index in [0.29, 0.717) is 18.0 Å². The predicted octanol–water partition coefficient (Wildman–Crippen LogP) is 1.83. The van der Waals surface area contributed by atoms with E-state index in [4.69, 9.17) is 5.73 Å². The first-order chi connectivity index (χ1) is 6.32. The number of hydrogen-bond donors (Lipinski definition) is 1. The molecule has 0 amide bonds. The molecule has 0 spiro atoms. The van der Waals surface area contributed by atoms with Crippen molar-refractivity contribution in [2.45, 2.75) is 52.6 Å². The second kappa shape index (κ2) is 3.79. The van der Waals surface area contributed by atoms with Gasteiger partial charge in [-0.15, -0.1) is 0 Å². The SMILES string of the molecule is CC(N(C)C(N)=NC1CC1)C(C)(C)C. The maximum Gasteiger partial charge on any atom is 0.191 e. The van der Waals surface area contributed by atoms with Gasteiger partial charge in [0.15, 0.2) is 5.96 Å². The van der Waals surface area contributed by atoms with Crippen LogP contribution in [0.2, 0.25) is 0 Å². The van der Waals surface area contributed by atoms with E-state index in [0.717, 1.165) is 0 Å². The smallest absolute Gasteiger partial charge is 0.191 e. The van der Waals surface area contributed by atoms with Gasteiger partial charge in [0.1, 0.15) is 0 Å². The molecule has 1 fully saturated rings. The van der Waals surface area contributed by atoms with E-state index in [1.54, 1.807) is 0 Å². The van der Waals surface area contributed by atoms with Crippen LogP contribution in [-0.2, 0) is 0 Å². The van der Waals surface area contributed by atoms with E-state index >= 15 is 0 Å². The van der Waals surface area contributed by atoms with Crippen LogP contribution in [0.4, 0.5) is 0 Å². The third-order valence-corrected chi connectivity index (χ3v) is 3.06. The number of hydrogen-bond acceptors (Lipinski definition) is 1. The van der Waals surface area contributed by atoms with Gasteiger partial charge in [-0.25, -0.2) is 4.99 Å². The lowest BCUT2D eigenvalue weighted by atomic mass is 9.87. The van der Waals surface area contributed by atoms with Crippen molar-refractivity contribution in [3.8, 4) is 0 Å². The fraction of sp³-hybridized carbons (Fsp3) is 0.909. The zero-order valence-electron chi connectivity index (χ0n) is 10.0. The van der Waals surface area contributed by atoms with Gasteiger partial charge < -0.3 is 10.6 Å². The largest absolute Gasteiger partial charge is 0.370 e. The van der Waals surface area contributed by atoms with Gasteiger partial charge in [0.05, 0.1) is 6.04 Å². The lowest BCUT2D eigenvalue weighted by molar-refractivity contribution is 0.206. The number of nitrogens with zero attached hydrogens (tertiary/aromatic N) is 2. The molecule has 0 aliphatic heterocycles. The summed E-state index contributed by atoms with van der Waals surface area (Å²) in [5.41, 5.74) is 6.17. The third kappa shape index (κ3) is 2.89. The molecule has 0 aromatic rings. The zero-order chi connectivity index (χ0) is 10.9. The molecule has 82 valence electrons. The molecule has 0 heterocycles. The van der Waals surface area contributed by atoms with E-state index in [2.05, 4.69) is 37.6 Å². The van der Waals surface area contributed by atoms with Crippen LogP contribution in [0.15, 0.2) is 4.99 Å². The van der Waals surface area contributed by atoms with Gasteiger partial charge in [-0.3, -0.25) is 0 Å². The molecule has 0 aromatic heterocycles. The maximum absolute atomic E-state index is 5.93. The molecule has 14 heavy (non-hydrogen) atoms. The molecule has 1 atom stereocenters. The van der Waals surface area contributed by atoms with Gasteiger partial charge in [-0.1, -0.05) is 20.8 Å². The van der Waals surface area contributed by atoms with Gasteiger partial charge in [-0.2, -0.15) is 0 Å². The summed E-state index contributed by atoms with van der Waals surface area (Å²) in [6.45, 7) is 8.85. The van der Waals surface area contributed by atoms with Crippen LogP contribution in [0.3, 0.4) is 0 Å². The van der Waals surface area contributed by atoms with Crippen LogP contribution in [0.25, 0.3) is 0 Å². The molecule has 1 aliphatic carbocycles.